The third-order valence-electron chi connectivity index (χ3n) is 4.61. The molecule has 0 bridgehead atoms. The topological polar surface area (TPSA) is 37.3 Å². The third-order valence-corrected chi connectivity index (χ3v) is 4.61. The first-order chi connectivity index (χ1) is 7.63. The van der Waals surface area contributed by atoms with Crippen LogP contribution in [-0.4, -0.2) is 16.5 Å². The van der Waals surface area contributed by atoms with Crippen molar-refractivity contribution in [3.63, 3.8) is 0 Å². The van der Waals surface area contributed by atoms with E-state index in [0.29, 0.717) is 11.7 Å². The van der Waals surface area contributed by atoms with Gasteiger partial charge in [-0.25, -0.2) is 0 Å². The van der Waals surface area contributed by atoms with E-state index in [1.807, 2.05) is 0 Å². The molecule has 0 aromatic carbocycles. The van der Waals surface area contributed by atoms with Crippen molar-refractivity contribution in [1.82, 2.24) is 0 Å². The molecule has 16 heavy (non-hydrogen) atoms. The van der Waals surface area contributed by atoms with Crippen LogP contribution in [0.15, 0.2) is 0 Å². The quantitative estimate of drug-likeness (QED) is 0.800. The Hall–Kier alpha value is -0.370. The molecule has 1 N–H and O–H groups in total. The molecule has 2 heteroatoms. The van der Waals surface area contributed by atoms with E-state index in [0.717, 1.165) is 51.4 Å². The summed E-state index contributed by atoms with van der Waals surface area (Å²) in [4.78, 5) is 11.9. The molecular formula is C14H24O2. The molecule has 0 radical (unpaired) electrons. The maximum atomic E-state index is 11.9. The Balaban J connectivity index is 1.94. The van der Waals surface area contributed by atoms with Crippen LogP contribution in [0.2, 0.25) is 0 Å². The van der Waals surface area contributed by atoms with Crippen LogP contribution in [0.5, 0.6) is 0 Å². The predicted molar refractivity (Wildman–Crippen MR) is 64.2 cm³/mol. The van der Waals surface area contributed by atoms with Crippen molar-refractivity contribution in [2.24, 2.45) is 11.8 Å². The molecule has 2 atom stereocenters. The van der Waals surface area contributed by atoms with Gasteiger partial charge in [0.25, 0.3) is 0 Å². The molecule has 0 amide bonds. The molecule has 2 aliphatic rings. The van der Waals surface area contributed by atoms with Crippen LogP contribution in [0.4, 0.5) is 0 Å². The summed E-state index contributed by atoms with van der Waals surface area (Å²) < 4.78 is 0. The monoisotopic (exact) mass is 224 g/mol. The summed E-state index contributed by atoms with van der Waals surface area (Å²) in [5.74, 6) is 1.28. The van der Waals surface area contributed by atoms with Gasteiger partial charge in [-0.15, -0.1) is 0 Å². The van der Waals surface area contributed by atoms with E-state index < -0.39 is 5.60 Å². The van der Waals surface area contributed by atoms with Crippen LogP contribution in [0.1, 0.15) is 64.7 Å². The largest absolute Gasteiger partial charge is 0.390 e. The lowest BCUT2D eigenvalue weighted by atomic mass is 9.74. The highest BCUT2D eigenvalue weighted by Crippen LogP contribution is 2.39. The first-order valence-corrected chi connectivity index (χ1v) is 6.88. The van der Waals surface area contributed by atoms with Gasteiger partial charge in [0.15, 0.2) is 0 Å². The summed E-state index contributed by atoms with van der Waals surface area (Å²) in [5, 5.41) is 10.4. The lowest BCUT2D eigenvalue weighted by Crippen LogP contribution is -2.34. The number of aliphatic hydroxyl groups is 1. The minimum atomic E-state index is -0.504. The van der Waals surface area contributed by atoms with Gasteiger partial charge in [0.2, 0.25) is 0 Å². The van der Waals surface area contributed by atoms with Crippen molar-refractivity contribution in [2.75, 3.05) is 0 Å². The molecule has 0 aliphatic heterocycles. The van der Waals surface area contributed by atoms with E-state index in [2.05, 4.69) is 6.92 Å². The highest BCUT2D eigenvalue weighted by molar-refractivity contribution is 5.81. The molecule has 2 fully saturated rings. The van der Waals surface area contributed by atoms with Crippen LogP contribution < -0.4 is 0 Å². The average Bonchev–Trinajstić information content (AvgIpc) is 2.68. The van der Waals surface area contributed by atoms with Gasteiger partial charge in [-0.2, -0.15) is 0 Å². The van der Waals surface area contributed by atoms with E-state index in [-0.39, 0.29) is 5.92 Å². The van der Waals surface area contributed by atoms with Crippen molar-refractivity contribution in [3.8, 4) is 0 Å². The number of ketones is 1. The first-order valence-electron chi connectivity index (χ1n) is 6.88. The summed E-state index contributed by atoms with van der Waals surface area (Å²) in [6, 6.07) is 0. The van der Waals surface area contributed by atoms with Crippen molar-refractivity contribution < 1.29 is 9.90 Å². The predicted octanol–water partition coefficient (Wildman–Crippen LogP) is 3.08. The molecule has 0 spiro atoms. The third kappa shape index (κ3) is 2.65. The summed E-state index contributed by atoms with van der Waals surface area (Å²) >= 11 is 0. The van der Waals surface area contributed by atoms with Gasteiger partial charge in [0.1, 0.15) is 5.78 Å². The zero-order valence-corrected chi connectivity index (χ0v) is 10.4. The lowest BCUT2D eigenvalue weighted by Gasteiger charge is -2.32. The molecule has 2 nitrogen and oxygen atoms in total. The average molecular weight is 224 g/mol. The molecule has 2 saturated carbocycles. The second-order valence-corrected chi connectivity index (χ2v) is 5.85. The van der Waals surface area contributed by atoms with Gasteiger partial charge in [-0.1, -0.05) is 26.2 Å². The molecule has 0 aromatic rings. The lowest BCUT2D eigenvalue weighted by molar-refractivity contribution is -0.128. The van der Waals surface area contributed by atoms with Gasteiger partial charge < -0.3 is 5.11 Å². The molecule has 0 heterocycles. The number of rotatable bonds is 3. The minimum absolute atomic E-state index is 0.154. The van der Waals surface area contributed by atoms with Crippen LogP contribution >= 0.6 is 0 Å². The normalized spacial score (nSPS) is 34.2. The van der Waals surface area contributed by atoms with Crippen LogP contribution in [0.3, 0.4) is 0 Å². The van der Waals surface area contributed by atoms with Crippen LogP contribution in [0, 0.1) is 11.8 Å². The number of Topliss-reactive ketones (excluding diaryl/α,β-unsaturated/α-hetero) is 1. The Kier molecular flexibility index (Phi) is 3.68. The van der Waals surface area contributed by atoms with E-state index >= 15 is 0 Å². The van der Waals surface area contributed by atoms with Crippen molar-refractivity contribution >= 4 is 5.78 Å². The van der Waals surface area contributed by atoms with E-state index in [1.165, 1.54) is 6.42 Å². The maximum absolute atomic E-state index is 11.9. The highest BCUT2D eigenvalue weighted by Gasteiger charge is 2.38. The smallest absolute Gasteiger partial charge is 0.136 e. The summed E-state index contributed by atoms with van der Waals surface area (Å²) in [6.07, 6.45) is 8.86. The van der Waals surface area contributed by atoms with Gasteiger partial charge in [0.05, 0.1) is 5.60 Å². The number of hydrogen-bond acceptors (Lipinski definition) is 2. The molecule has 92 valence electrons. The number of carbonyl (C=O) groups excluding carboxylic acids is 1. The Morgan fingerprint density at radius 3 is 2.69 bits per heavy atom. The zero-order chi connectivity index (χ0) is 11.6. The fourth-order valence-electron chi connectivity index (χ4n) is 3.47. The fraction of sp³-hybridized carbons (Fsp3) is 0.929. The number of carbonyl (C=O) groups is 1. The fourth-order valence-corrected chi connectivity index (χ4v) is 3.47. The standard InChI is InChI=1S/C14H24O2/c1-2-11-5-6-13(15)12(9-11)10-14(16)7-3-4-8-14/h11-12,16H,2-10H2,1H3. The zero-order valence-electron chi connectivity index (χ0n) is 10.4. The Labute approximate surface area is 98.4 Å². The molecule has 0 aromatic heterocycles. The van der Waals surface area contributed by atoms with E-state index in [1.54, 1.807) is 0 Å². The molecule has 2 rings (SSSR count). The molecule has 2 unspecified atom stereocenters. The Morgan fingerprint density at radius 1 is 1.38 bits per heavy atom. The van der Waals surface area contributed by atoms with Crippen LogP contribution in [0.25, 0.3) is 0 Å². The van der Waals surface area contributed by atoms with Gasteiger partial charge in [0, 0.05) is 12.3 Å². The summed E-state index contributed by atoms with van der Waals surface area (Å²) in [6.45, 7) is 2.21. The maximum Gasteiger partial charge on any atom is 0.136 e. The molecular weight excluding hydrogens is 200 g/mol. The first kappa shape index (κ1) is 12.1. The Bertz CT molecular complexity index is 253. The van der Waals surface area contributed by atoms with E-state index in [4.69, 9.17) is 0 Å². The van der Waals surface area contributed by atoms with E-state index in [9.17, 15) is 9.90 Å². The summed E-state index contributed by atoms with van der Waals surface area (Å²) in [5.41, 5.74) is -0.504. The second-order valence-electron chi connectivity index (χ2n) is 5.85. The SMILES string of the molecule is CCC1CCC(=O)C(CC2(O)CCCC2)C1. The molecule has 2 aliphatic carbocycles. The molecule has 0 saturated heterocycles. The number of hydrogen-bond donors (Lipinski definition) is 1. The summed E-state index contributed by atoms with van der Waals surface area (Å²) in [7, 11) is 0. The van der Waals surface area contributed by atoms with Gasteiger partial charge >= 0.3 is 0 Å². The minimum Gasteiger partial charge on any atom is -0.390 e. The van der Waals surface area contributed by atoms with Gasteiger partial charge in [-0.05, 0) is 38.0 Å². The van der Waals surface area contributed by atoms with Gasteiger partial charge in [-0.3, -0.25) is 4.79 Å². The Morgan fingerprint density at radius 2 is 2.06 bits per heavy atom. The van der Waals surface area contributed by atoms with Crippen molar-refractivity contribution in [2.45, 2.75) is 70.3 Å². The second kappa shape index (κ2) is 4.87. The highest BCUT2D eigenvalue weighted by atomic mass is 16.3. The van der Waals surface area contributed by atoms with Crippen molar-refractivity contribution in [1.29, 1.82) is 0 Å². The van der Waals surface area contributed by atoms with Crippen LogP contribution in [-0.2, 0) is 4.79 Å². The van der Waals surface area contributed by atoms with Crippen molar-refractivity contribution in [3.05, 3.63) is 0 Å².